The molecule has 0 radical (unpaired) electrons. The van der Waals surface area contributed by atoms with E-state index in [-0.39, 0.29) is 23.2 Å². The van der Waals surface area contributed by atoms with Crippen molar-refractivity contribution in [3.8, 4) is 0 Å². The van der Waals surface area contributed by atoms with Crippen LogP contribution in [0.3, 0.4) is 0 Å². The Bertz CT molecular complexity index is 2310. The zero-order valence-electron chi connectivity index (χ0n) is 29.7. The molecule has 0 aliphatic heterocycles. The molecule has 6 atom stereocenters. The first-order valence-corrected chi connectivity index (χ1v) is 17.4. The molecule has 0 bridgehead atoms. The van der Waals surface area contributed by atoms with E-state index < -0.39 is 81.8 Å². The zero-order chi connectivity index (χ0) is 38.6. The van der Waals surface area contributed by atoms with Crippen molar-refractivity contribution < 1.29 is 39.3 Å². The van der Waals surface area contributed by atoms with E-state index in [0.717, 1.165) is 10.8 Å². The van der Waals surface area contributed by atoms with E-state index in [9.17, 15) is 39.3 Å². The lowest BCUT2D eigenvalue weighted by Crippen LogP contribution is -2.69. The van der Waals surface area contributed by atoms with Crippen LogP contribution in [-0.2, 0) is 19.2 Å². The van der Waals surface area contributed by atoms with E-state index in [4.69, 9.17) is 5.73 Å². The number of aliphatic hydroxyl groups is 3. The Morgan fingerprint density at radius 2 is 1.54 bits per heavy atom. The van der Waals surface area contributed by atoms with Crippen LogP contribution in [0.5, 0.6) is 0 Å². The van der Waals surface area contributed by atoms with Crippen LogP contribution >= 0.6 is 0 Å². The fourth-order valence-corrected chi connectivity index (χ4v) is 8.68. The van der Waals surface area contributed by atoms with E-state index in [1.807, 2.05) is 36.4 Å². The summed E-state index contributed by atoms with van der Waals surface area (Å²) in [6.07, 6.45) is -0.346. The minimum absolute atomic E-state index is 0.175. The van der Waals surface area contributed by atoms with E-state index >= 15 is 0 Å². The topological polar surface area (TPSA) is 211 Å². The molecule has 8 N–H and O–H groups in total. The quantitative estimate of drug-likeness (QED) is 0.129. The number of nitrogens with one attached hydrogen (secondary N) is 3. The number of urea groups is 1. The number of ketones is 2. The fourth-order valence-electron chi connectivity index (χ4n) is 8.68. The molecule has 276 valence electrons. The Balaban J connectivity index is 1.32. The van der Waals surface area contributed by atoms with Gasteiger partial charge in [0.15, 0.2) is 11.4 Å². The molecule has 4 aromatic rings. The van der Waals surface area contributed by atoms with Crippen LogP contribution in [0.25, 0.3) is 16.5 Å². The summed E-state index contributed by atoms with van der Waals surface area (Å²) >= 11 is 0. The van der Waals surface area contributed by atoms with Gasteiger partial charge in [0.25, 0.3) is 5.91 Å². The van der Waals surface area contributed by atoms with Crippen LogP contribution in [-0.4, -0.2) is 75.4 Å². The number of para-hydroxylation sites is 1. The van der Waals surface area contributed by atoms with E-state index in [2.05, 4.69) is 16.0 Å². The number of carbonyl (C=O) groups is 5. The maximum absolute atomic E-state index is 14.7. The van der Waals surface area contributed by atoms with Crippen molar-refractivity contribution >= 4 is 63.0 Å². The molecule has 0 heterocycles. The van der Waals surface area contributed by atoms with E-state index in [1.165, 1.54) is 25.1 Å². The van der Waals surface area contributed by atoms with Gasteiger partial charge in [0.05, 0.1) is 11.7 Å². The van der Waals surface area contributed by atoms with Gasteiger partial charge in [-0.15, -0.1) is 0 Å². The lowest BCUT2D eigenvalue weighted by atomic mass is 9.50. The average Bonchev–Trinajstić information content (AvgIpc) is 3.13. The van der Waals surface area contributed by atoms with Crippen molar-refractivity contribution in [3.63, 3.8) is 0 Å². The van der Waals surface area contributed by atoms with Gasteiger partial charge in [0, 0.05) is 46.2 Å². The molecule has 3 aliphatic rings. The number of anilines is 3. The smallest absolute Gasteiger partial charge is 0.323 e. The number of hydrogen-bond donors (Lipinski definition) is 7. The molecule has 13 heteroatoms. The van der Waals surface area contributed by atoms with Gasteiger partial charge in [0.1, 0.15) is 17.1 Å². The van der Waals surface area contributed by atoms with Crippen molar-refractivity contribution in [1.82, 2.24) is 4.90 Å². The number of carbonyl (C=O) groups excluding carboxylic acids is 5. The van der Waals surface area contributed by atoms with Gasteiger partial charge in [0.2, 0.25) is 11.7 Å². The number of benzene rings is 4. The first kappa shape index (κ1) is 36.1. The van der Waals surface area contributed by atoms with E-state index in [0.29, 0.717) is 16.9 Å². The molecule has 0 saturated heterocycles. The predicted molar refractivity (Wildman–Crippen MR) is 202 cm³/mol. The molecule has 13 nitrogen and oxygen atoms in total. The van der Waals surface area contributed by atoms with Crippen molar-refractivity contribution in [2.75, 3.05) is 30.0 Å². The molecule has 0 aromatic heterocycles. The van der Waals surface area contributed by atoms with Crippen molar-refractivity contribution in [2.24, 2.45) is 23.5 Å². The second-order valence-electron chi connectivity index (χ2n) is 14.2. The average molecular weight is 730 g/mol. The third kappa shape index (κ3) is 5.78. The molecule has 0 spiro atoms. The summed E-state index contributed by atoms with van der Waals surface area (Å²) in [4.78, 5) is 69.5. The van der Waals surface area contributed by atoms with Crippen LogP contribution < -0.4 is 21.7 Å². The zero-order valence-corrected chi connectivity index (χ0v) is 29.7. The minimum Gasteiger partial charge on any atom is -0.508 e. The Morgan fingerprint density at radius 3 is 2.24 bits per heavy atom. The second-order valence-corrected chi connectivity index (χ2v) is 14.2. The van der Waals surface area contributed by atoms with Crippen molar-refractivity contribution in [2.45, 2.75) is 30.9 Å². The maximum atomic E-state index is 14.7. The second kappa shape index (κ2) is 13.6. The Labute approximate surface area is 310 Å². The van der Waals surface area contributed by atoms with Gasteiger partial charge < -0.3 is 37.0 Å². The summed E-state index contributed by atoms with van der Waals surface area (Å²) in [5.74, 6) is -9.67. The number of amides is 4. The number of hydrogen-bond acceptors (Lipinski definition) is 9. The minimum atomic E-state index is -2.92. The van der Waals surface area contributed by atoms with Crippen LogP contribution in [0, 0.1) is 17.8 Å². The fraction of sp³-hybridized carbons (Fsp3) is 0.244. The summed E-state index contributed by atoms with van der Waals surface area (Å²) in [7, 11) is 3.03. The Morgan fingerprint density at radius 1 is 0.852 bits per heavy atom. The number of primary amides is 1. The third-order valence-corrected chi connectivity index (χ3v) is 11.0. The molecule has 54 heavy (non-hydrogen) atoms. The first-order valence-electron chi connectivity index (χ1n) is 17.4. The van der Waals surface area contributed by atoms with Crippen molar-refractivity contribution in [3.05, 3.63) is 119 Å². The summed E-state index contributed by atoms with van der Waals surface area (Å²) in [5, 5.41) is 46.1. The molecule has 1 fully saturated rings. The molecular formula is C41H39N5O8. The van der Waals surface area contributed by atoms with Gasteiger partial charge in [-0.3, -0.25) is 24.1 Å². The highest BCUT2D eigenvalue weighted by Crippen LogP contribution is 2.58. The highest BCUT2D eigenvalue weighted by molar-refractivity contribution is 6.24. The first-order chi connectivity index (χ1) is 25.7. The lowest BCUT2D eigenvalue weighted by Gasteiger charge is -2.55. The third-order valence-electron chi connectivity index (χ3n) is 11.0. The standard InChI is InChI=1S/C41H39N5O8/c1-20-24-17-16-23(44-40(53)45-28-15-9-11-21-10-7-8-14-25(21)28)18-26(24)35(48)31-30(20)27(19-29(47)43-22-12-5-4-6-13-22)33-34(46(2)3)36(49)32(39(42)52)38(51)41(33,54)37(31)50/h4-18,20,27,30,33-34,48,51,54H,19H2,1-3H3,(H2,42,52)(H,43,47)(H2,44,45,53)/t20-,27-,30-,33-,34-,41-/m0/s1. The largest absolute Gasteiger partial charge is 0.508 e. The number of likely N-dealkylation sites (N-methyl/N-ethyl adjacent to an activating group) is 1. The number of aliphatic hydroxyl groups excluding tert-OH is 2. The number of nitrogens with two attached hydrogens (primary N) is 1. The number of rotatable bonds is 7. The predicted octanol–water partition coefficient (Wildman–Crippen LogP) is 4.87. The van der Waals surface area contributed by atoms with Gasteiger partial charge in [-0.25, -0.2) is 4.79 Å². The molecule has 7 rings (SSSR count). The normalized spacial score (nSPS) is 24.8. The number of nitrogens with zero attached hydrogens (tertiary/aromatic N) is 1. The SMILES string of the molecule is C[C@H]1c2ccc(NC(=O)Nc3cccc4ccccc34)cc2C(O)=C2C(=O)[C@]3(O)C(O)=C(C(N)=O)C(=O)[C@@H](N(C)C)[C@@H]3[C@@H](CC(=O)Nc3ccccc3)[C@@H]21. The van der Waals surface area contributed by atoms with Crippen LogP contribution in [0.15, 0.2) is 108 Å². The van der Waals surface area contributed by atoms with Gasteiger partial charge in [-0.1, -0.05) is 67.6 Å². The lowest BCUT2D eigenvalue weighted by molar-refractivity contribution is -0.162. The molecule has 0 unspecified atom stereocenters. The molecular weight excluding hydrogens is 690 g/mol. The number of fused-ring (bicyclic) bond motifs is 4. The van der Waals surface area contributed by atoms with Crippen LogP contribution in [0.2, 0.25) is 0 Å². The van der Waals surface area contributed by atoms with Crippen molar-refractivity contribution in [1.29, 1.82) is 0 Å². The maximum Gasteiger partial charge on any atom is 0.323 e. The molecule has 1 saturated carbocycles. The highest BCUT2D eigenvalue weighted by atomic mass is 16.3. The Hall–Kier alpha value is -6.31. The summed E-state index contributed by atoms with van der Waals surface area (Å²) in [6, 6.07) is 24.6. The Kier molecular flexibility index (Phi) is 9.08. The summed E-state index contributed by atoms with van der Waals surface area (Å²) in [5.41, 5.74) is 3.48. The number of Topliss-reactive ketones (excluding diaryl/α,β-unsaturated/α-hetero) is 2. The summed E-state index contributed by atoms with van der Waals surface area (Å²) < 4.78 is 0. The van der Waals surface area contributed by atoms with Crippen LogP contribution in [0.4, 0.5) is 21.9 Å². The van der Waals surface area contributed by atoms with E-state index in [1.54, 1.807) is 55.5 Å². The highest BCUT2D eigenvalue weighted by Gasteiger charge is 2.68. The summed E-state index contributed by atoms with van der Waals surface area (Å²) in [6.45, 7) is 1.80. The molecule has 4 aromatic carbocycles. The van der Waals surface area contributed by atoms with Crippen LogP contribution in [0.1, 0.15) is 30.4 Å². The van der Waals surface area contributed by atoms with Gasteiger partial charge in [-0.05, 0) is 67.2 Å². The van der Waals surface area contributed by atoms with Gasteiger partial charge >= 0.3 is 6.03 Å². The molecule has 3 aliphatic carbocycles. The molecule has 4 amide bonds. The van der Waals surface area contributed by atoms with Gasteiger partial charge in [-0.2, -0.15) is 0 Å². The monoisotopic (exact) mass is 729 g/mol.